The number of ether oxygens (including phenoxy) is 1. The molecule has 27 heavy (non-hydrogen) atoms. The molecule has 0 unspecified atom stereocenters. The van der Waals surface area contributed by atoms with E-state index in [0.29, 0.717) is 34.9 Å². The summed E-state index contributed by atoms with van der Waals surface area (Å²) in [6.45, 7) is 3.22. The van der Waals surface area contributed by atoms with Crippen molar-refractivity contribution in [2.24, 2.45) is 0 Å². The molecule has 0 N–H and O–H groups in total. The highest BCUT2D eigenvalue weighted by molar-refractivity contribution is 5.63. The number of oxazole rings is 1. The molecular weight excluding hydrogens is 346 g/mol. The Morgan fingerprint density at radius 2 is 2.00 bits per heavy atom. The maximum atomic E-state index is 9.20. The van der Waals surface area contributed by atoms with Crippen LogP contribution < -0.4 is 9.64 Å². The van der Waals surface area contributed by atoms with Crippen LogP contribution >= 0.6 is 0 Å². The zero-order valence-corrected chi connectivity index (χ0v) is 15.2. The Morgan fingerprint density at radius 1 is 1.22 bits per heavy atom. The summed E-state index contributed by atoms with van der Waals surface area (Å²) in [6.07, 6.45) is 1.66. The van der Waals surface area contributed by atoms with Gasteiger partial charge in [-0.3, -0.25) is 0 Å². The summed E-state index contributed by atoms with van der Waals surface area (Å²) < 4.78 is 16.5. The fourth-order valence-corrected chi connectivity index (χ4v) is 3.37. The van der Waals surface area contributed by atoms with Gasteiger partial charge in [-0.15, -0.1) is 0 Å². The van der Waals surface area contributed by atoms with Gasteiger partial charge in [-0.25, -0.2) is 4.98 Å². The van der Waals surface area contributed by atoms with E-state index in [9.17, 15) is 5.26 Å². The molecular formula is C19H19N5O3. The van der Waals surface area contributed by atoms with E-state index in [1.807, 2.05) is 29.2 Å². The van der Waals surface area contributed by atoms with Gasteiger partial charge in [0, 0.05) is 25.9 Å². The molecule has 1 fully saturated rings. The maximum Gasteiger partial charge on any atom is 0.234 e. The van der Waals surface area contributed by atoms with E-state index in [1.54, 1.807) is 14.0 Å². The van der Waals surface area contributed by atoms with Gasteiger partial charge in [0.25, 0.3) is 0 Å². The summed E-state index contributed by atoms with van der Waals surface area (Å²) >= 11 is 0. The number of nitrogens with zero attached hydrogens (tertiary/aromatic N) is 5. The molecule has 8 heteroatoms. The van der Waals surface area contributed by atoms with Crippen LogP contribution in [0.15, 0.2) is 33.2 Å². The van der Waals surface area contributed by atoms with Gasteiger partial charge < -0.3 is 18.6 Å². The number of piperidine rings is 1. The van der Waals surface area contributed by atoms with E-state index in [2.05, 4.69) is 21.2 Å². The number of aryl methyl sites for hydroxylation is 1. The first-order valence-electron chi connectivity index (χ1n) is 8.79. The number of benzene rings is 1. The van der Waals surface area contributed by atoms with Crippen LogP contribution in [-0.2, 0) is 0 Å². The van der Waals surface area contributed by atoms with Crippen molar-refractivity contribution in [2.45, 2.75) is 25.7 Å². The van der Waals surface area contributed by atoms with Gasteiger partial charge in [0.15, 0.2) is 5.89 Å². The number of para-hydroxylation sites is 1. The van der Waals surface area contributed by atoms with Crippen molar-refractivity contribution in [2.75, 3.05) is 25.1 Å². The number of hydrogen-bond acceptors (Lipinski definition) is 8. The average Bonchev–Trinajstić information content (AvgIpc) is 3.35. The van der Waals surface area contributed by atoms with Crippen molar-refractivity contribution in [1.82, 2.24) is 15.1 Å². The Hall–Kier alpha value is -3.34. The number of methoxy groups -OCH3 is 1. The summed E-state index contributed by atoms with van der Waals surface area (Å²) in [5.41, 5.74) is 1.14. The molecule has 0 amide bonds. The van der Waals surface area contributed by atoms with E-state index in [4.69, 9.17) is 13.7 Å². The molecule has 1 aromatic carbocycles. The van der Waals surface area contributed by atoms with Crippen molar-refractivity contribution < 1.29 is 13.7 Å². The van der Waals surface area contributed by atoms with E-state index >= 15 is 0 Å². The molecule has 1 aliphatic heterocycles. The Labute approximate surface area is 156 Å². The molecule has 0 spiro atoms. The Morgan fingerprint density at radius 3 is 2.74 bits per heavy atom. The lowest BCUT2D eigenvalue weighted by atomic mass is 9.97. The summed E-state index contributed by atoms with van der Waals surface area (Å²) in [5.74, 6) is 3.10. The molecule has 3 heterocycles. The van der Waals surface area contributed by atoms with E-state index in [0.717, 1.165) is 31.5 Å². The SMILES string of the molecule is COc1ccccc1-c1noc(C2CCN(c3oc(C)nc3C#N)CC2)n1. The highest BCUT2D eigenvalue weighted by atomic mass is 16.5. The Balaban J connectivity index is 1.48. The van der Waals surface area contributed by atoms with Crippen LogP contribution in [0.4, 0.5) is 5.88 Å². The molecule has 138 valence electrons. The lowest BCUT2D eigenvalue weighted by Crippen LogP contribution is -2.33. The quantitative estimate of drug-likeness (QED) is 0.694. The van der Waals surface area contributed by atoms with Gasteiger partial charge in [0.05, 0.1) is 12.7 Å². The first-order valence-corrected chi connectivity index (χ1v) is 8.79. The van der Waals surface area contributed by atoms with Gasteiger partial charge in [-0.2, -0.15) is 10.2 Å². The fourth-order valence-electron chi connectivity index (χ4n) is 3.37. The number of anilines is 1. The minimum Gasteiger partial charge on any atom is -0.496 e. The smallest absolute Gasteiger partial charge is 0.234 e. The molecule has 3 aromatic rings. The predicted molar refractivity (Wildman–Crippen MR) is 96.4 cm³/mol. The van der Waals surface area contributed by atoms with Crippen LogP contribution in [0.5, 0.6) is 5.75 Å². The monoisotopic (exact) mass is 365 g/mol. The Bertz CT molecular complexity index is 979. The number of aromatic nitrogens is 3. The average molecular weight is 365 g/mol. The van der Waals surface area contributed by atoms with Gasteiger partial charge in [0.1, 0.15) is 11.8 Å². The molecule has 1 aliphatic rings. The zero-order valence-electron chi connectivity index (χ0n) is 15.2. The third-order valence-electron chi connectivity index (χ3n) is 4.74. The Kier molecular flexibility index (Phi) is 4.50. The van der Waals surface area contributed by atoms with Gasteiger partial charge in [-0.05, 0) is 25.0 Å². The minimum atomic E-state index is 0.173. The molecule has 0 aliphatic carbocycles. The van der Waals surface area contributed by atoms with Crippen LogP contribution in [0.1, 0.15) is 36.2 Å². The molecule has 0 radical (unpaired) electrons. The zero-order chi connectivity index (χ0) is 18.8. The predicted octanol–water partition coefficient (Wildman–Crippen LogP) is 3.30. The fraction of sp³-hybridized carbons (Fsp3) is 0.368. The third kappa shape index (κ3) is 3.24. The summed E-state index contributed by atoms with van der Waals surface area (Å²) in [5, 5.41) is 13.3. The van der Waals surface area contributed by atoms with E-state index in [1.165, 1.54) is 0 Å². The molecule has 0 bridgehead atoms. The standard InChI is InChI=1S/C19H19N5O3/c1-12-21-15(11-20)19(26-12)24-9-7-13(8-10-24)18-22-17(23-27-18)14-5-3-4-6-16(14)25-2/h3-6,13H,7-10H2,1-2H3. The molecule has 0 atom stereocenters. The normalized spacial score (nSPS) is 14.9. The van der Waals surface area contributed by atoms with Crippen molar-refractivity contribution >= 4 is 5.88 Å². The van der Waals surface area contributed by atoms with Gasteiger partial charge in [-0.1, -0.05) is 17.3 Å². The highest BCUT2D eigenvalue weighted by Gasteiger charge is 2.29. The summed E-state index contributed by atoms with van der Waals surface area (Å²) in [7, 11) is 1.62. The van der Waals surface area contributed by atoms with Crippen molar-refractivity contribution in [1.29, 1.82) is 5.26 Å². The summed E-state index contributed by atoms with van der Waals surface area (Å²) in [6, 6.07) is 9.69. The van der Waals surface area contributed by atoms with Crippen LogP contribution in [0, 0.1) is 18.3 Å². The molecule has 4 rings (SSSR count). The first-order chi connectivity index (χ1) is 13.2. The highest BCUT2D eigenvalue weighted by Crippen LogP contribution is 2.33. The van der Waals surface area contributed by atoms with Crippen molar-refractivity contribution in [3.05, 3.63) is 41.7 Å². The second kappa shape index (κ2) is 7.11. The van der Waals surface area contributed by atoms with Gasteiger partial charge in [0.2, 0.25) is 23.3 Å². The molecule has 1 saturated heterocycles. The second-order valence-electron chi connectivity index (χ2n) is 6.42. The third-order valence-corrected chi connectivity index (χ3v) is 4.74. The molecule has 0 saturated carbocycles. The number of nitriles is 1. The lowest BCUT2D eigenvalue weighted by Gasteiger charge is -2.29. The molecule has 2 aromatic heterocycles. The number of hydrogen-bond donors (Lipinski definition) is 0. The largest absolute Gasteiger partial charge is 0.496 e. The topological polar surface area (TPSA) is 101 Å². The van der Waals surface area contributed by atoms with E-state index in [-0.39, 0.29) is 5.92 Å². The second-order valence-corrected chi connectivity index (χ2v) is 6.42. The summed E-state index contributed by atoms with van der Waals surface area (Å²) in [4.78, 5) is 10.7. The van der Waals surface area contributed by atoms with Crippen LogP contribution in [0.3, 0.4) is 0 Å². The minimum absolute atomic E-state index is 0.173. The van der Waals surface area contributed by atoms with Crippen LogP contribution in [0.2, 0.25) is 0 Å². The van der Waals surface area contributed by atoms with Crippen molar-refractivity contribution in [3.8, 4) is 23.2 Å². The first kappa shape index (κ1) is 17.1. The number of rotatable bonds is 4. The van der Waals surface area contributed by atoms with Crippen LogP contribution in [0.25, 0.3) is 11.4 Å². The lowest BCUT2D eigenvalue weighted by molar-refractivity contribution is 0.326. The molecule has 8 nitrogen and oxygen atoms in total. The van der Waals surface area contributed by atoms with Crippen molar-refractivity contribution in [3.63, 3.8) is 0 Å². The maximum absolute atomic E-state index is 9.20. The van der Waals surface area contributed by atoms with E-state index < -0.39 is 0 Å². The van der Waals surface area contributed by atoms with Crippen LogP contribution in [-0.4, -0.2) is 35.3 Å². The van der Waals surface area contributed by atoms with Gasteiger partial charge >= 0.3 is 0 Å².